The van der Waals surface area contributed by atoms with Crippen LogP contribution in [-0.4, -0.2) is 40.6 Å². The third-order valence-corrected chi connectivity index (χ3v) is 3.29. The lowest BCUT2D eigenvalue weighted by Crippen LogP contribution is -2.34. The second-order valence-corrected chi connectivity index (χ2v) is 5.24. The van der Waals surface area contributed by atoms with Crippen molar-refractivity contribution in [3.63, 3.8) is 0 Å². The lowest BCUT2D eigenvalue weighted by Gasteiger charge is -2.13. The molecule has 98 valence electrons. The van der Waals surface area contributed by atoms with Crippen molar-refractivity contribution in [2.45, 2.75) is 19.0 Å². The summed E-state index contributed by atoms with van der Waals surface area (Å²) in [6, 6.07) is 1.57. The number of aryl methyl sites for hydroxylation is 1. The summed E-state index contributed by atoms with van der Waals surface area (Å²) in [6.45, 7) is 1.74. The van der Waals surface area contributed by atoms with Crippen molar-refractivity contribution in [2.24, 2.45) is 0 Å². The Morgan fingerprint density at radius 2 is 2.12 bits per heavy atom. The molecule has 8 heteroatoms. The van der Waals surface area contributed by atoms with E-state index in [2.05, 4.69) is 9.88 Å². The Bertz CT molecular complexity index is 438. The second kappa shape index (κ2) is 6.10. The molecule has 0 radical (unpaired) electrons. The minimum atomic E-state index is -3.47. The zero-order valence-electron chi connectivity index (χ0n) is 9.97. The van der Waals surface area contributed by atoms with E-state index in [0.717, 1.165) is 0 Å². The molecule has 0 aliphatic rings. The molecule has 0 saturated carbocycles. The largest absolute Gasteiger partial charge is 0.361 e. The van der Waals surface area contributed by atoms with Gasteiger partial charge in [0, 0.05) is 20.3 Å². The number of hydrogen-bond acceptors (Lipinski definition) is 6. The van der Waals surface area contributed by atoms with Crippen molar-refractivity contribution in [3.05, 3.63) is 17.5 Å². The van der Waals surface area contributed by atoms with Gasteiger partial charge in [0.25, 0.3) is 0 Å². The van der Waals surface area contributed by atoms with Gasteiger partial charge in [-0.25, -0.2) is 13.1 Å². The van der Waals surface area contributed by atoms with Gasteiger partial charge in [0.05, 0.1) is 6.54 Å². The number of nitrogens with one attached hydrogen (secondary N) is 1. The summed E-state index contributed by atoms with van der Waals surface area (Å²) in [7, 11) is -0.601. The Balaban J connectivity index is 2.52. The fourth-order valence-corrected chi connectivity index (χ4v) is 2.21. The Morgan fingerprint density at radius 1 is 1.47 bits per heavy atom. The van der Waals surface area contributed by atoms with Crippen LogP contribution in [0.2, 0.25) is 0 Å². The summed E-state index contributed by atoms with van der Waals surface area (Å²) in [5.41, 5.74) is 0.362. The first-order valence-electron chi connectivity index (χ1n) is 4.92. The van der Waals surface area contributed by atoms with E-state index in [4.69, 9.17) is 14.0 Å². The van der Waals surface area contributed by atoms with E-state index in [1.165, 1.54) is 14.2 Å². The smallest absolute Gasteiger partial charge is 0.217 e. The molecule has 7 nitrogen and oxygen atoms in total. The number of aromatic nitrogens is 1. The molecule has 1 N–H and O–H groups in total. The van der Waals surface area contributed by atoms with Crippen LogP contribution in [0.5, 0.6) is 0 Å². The lowest BCUT2D eigenvalue weighted by molar-refractivity contribution is -0.0960. The fourth-order valence-electron chi connectivity index (χ4n) is 1.19. The van der Waals surface area contributed by atoms with Crippen LogP contribution < -0.4 is 4.72 Å². The lowest BCUT2D eigenvalue weighted by atomic mass is 10.4. The highest BCUT2D eigenvalue weighted by molar-refractivity contribution is 7.88. The van der Waals surface area contributed by atoms with Gasteiger partial charge in [-0.15, -0.1) is 0 Å². The molecule has 1 aromatic rings. The van der Waals surface area contributed by atoms with E-state index in [1.54, 1.807) is 13.0 Å². The standard InChI is InChI=1S/C9H16N2O5S/c1-7-4-8(11-16-7)6-17(12,13)10-5-9(14-2)15-3/h4,9-10H,5-6H2,1-3H3. The van der Waals surface area contributed by atoms with Crippen LogP contribution in [-0.2, 0) is 25.2 Å². The van der Waals surface area contributed by atoms with Gasteiger partial charge in [0.15, 0.2) is 6.29 Å². The van der Waals surface area contributed by atoms with Gasteiger partial charge in [0.1, 0.15) is 17.2 Å². The van der Waals surface area contributed by atoms with Gasteiger partial charge in [-0.1, -0.05) is 5.16 Å². The van der Waals surface area contributed by atoms with Crippen LogP contribution in [0.4, 0.5) is 0 Å². The van der Waals surface area contributed by atoms with E-state index in [-0.39, 0.29) is 12.3 Å². The average Bonchev–Trinajstić information content (AvgIpc) is 2.64. The molecule has 1 aromatic heterocycles. The highest BCUT2D eigenvalue weighted by Gasteiger charge is 2.16. The Morgan fingerprint density at radius 3 is 2.59 bits per heavy atom. The van der Waals surface area contributed by atoms with Gasteiger partial charge < -0.3 is 14.0 Å². The van der Waals surface area contributed by atoms with Crippen LogP contribution in [0, 0.1) is 6.92 Å². The predicted octanol–water partition coefficient (Wildman–Crippen LogP) is 0.0213. The van der Waals surface area contributed by atoms with Gasteiger partial charge in [-0.05, 0) is 6.92 Å². The van der Waals surface area contributed by atoms with Gasteiger partial charge >= 0.3 is 0 Å². The topological polar surface area (TPSA) is 90.7 Å². The monoisotopic (exact) mass is 264 g/mol. The van der Waals surface area contributed by atoms with Crippen molar-refractivity contribution in [1.82, 2.24) is 9.88 Å². The van der Waals surface area contributed by atoms with E-state index in [9.17, 15) is 8.42 Å². The van der Waals surface area contributed by atoms with E-state index >= 15 is 0 Å². The Kier molecular flexibility index (Phi) is 5.06. The Labute approximate surface area is 100 Å². The molecular weight excluding hydrogens is 248 g/mol. The van der Waals surface area contributed by atoms with Crippen LogP contribution in [0.25, 0.3) is 0 Å². The highest BCUT2D eigenvalue weighted by Crippen LogP contribution is 2.05. The number of methoxy groups -OCH3 is 2. The highest BCUT2D eigenvalue weighted by atomic mass is 32.2. The van der Waals surface area contributed by atoms with Crippen LogP contribution >= 0.6 is 0 Å². The zero-order chi connectivity index (χ0) is 12.9. The van der Waals surface area contributed by atoms with Crippen molar-refractivity contribution in [1.29, 1.82) is 0 Å². The molecule has 0 bridgehead atoms. The van der Waals surface area contributed by atoms with E-state index in [0.29, 0.717) is 11.5 Å². The maximum Gasteiger partial charge on any atom is 0.217 e. The van der Waals surface area contributed by atoms with Crippen LogP contribution in [0.1, 0.15) is 11.5 Å². The molecule has 0 aliphatic carbocycles. The summed E-state index contributed by atoms with van der Waals surface area (Å²) in [5.74, 6) is 0.340. The van der Waals surface area contributed by atoms with Crippen LogP contribution in [0.3, 0.4) is 0 Å². The van der Waals surface area contributed by atoms with Crippen LogP contribution in [0.15, 0.2) is 10.6 Å². The molecule has 1 heterocycles. The zero-order valence-corrected chi connectivity index (χ0v) is 10.8. The summed E-state index contributed by atoms with van der Waals surface area (Å²) in [5, 5.41) is 3.61. The van der Waals surface area contributed by atoms with Gasteiger partial charge in [-0.3, -0.25) is 0 Å². The summed E-state index contributed by atoms with van der Waals surface area (Å²) in [6.07, 6.45) is -0.608. The SMILES string of the molecule is COC(CNS(=O)(=O)Cc1cc(C)on1)OC. The summed E-state index contributed by atoms with van der Waals surface area (Å²) >= 11 is 0. The third-order valence-electron chi connectivity index (χ3n) is 2.01. The maximum absolute atomic E-state index is 11.6. The van der Waals surface area contributed by atoms with E-state index < -0.39 is 16.3 Å². The van der Waals surface area contributed by atoms with Crippen molar-refractivity contribution >= 4 is 10.0 Å². The first-order valence-corrected chi connectivity index (χ1v) is 6.57. The molecule has 0 saturated heterocycles. The van der Waals surface area contributed by atoms with Gasteiger partial charge in [0.2, 0.25) is 10.0 Å². The maximum atomic E-state index is 11.6. The molecule has 0 aliphatic heterocycles. The van der Waals surface area contributed by atoms with Crippen molar-refractivity contribution in [2.75, 3.05) is 20.8 Å². The van der Waals surface area contributed by atoms with Gasteiger partial charge in [-0.2, -0.15) is 0 Å². The quantitative estimate of drug-likeness (QED) is 0.698. The second-order valence-electron chi connectivity index (χ2n) is 3.44. The summed E-state index contributed by atoms with van der Waals surface area (Å²) < 4.78 is 40.2. The molecule has 0 aromatic carbocycles. The number of sulfonamides is 1. The van der Waals surface area contributed by atoms with Crippen molar-refractivity contribution in [3.8, 4) is 0 Å². The fraction of sp³-hybridized carbons (Fsp3) is 0.667. The molecule has 0 fully saturated rings. The minimum Gasteiger partial charge on any atom is -0.361 e. The minimum absolute atomic E-state index is 0.0478. The Hall–Kier alpha value is -0.960. The number of nitrogens with zero attached hydrogens (tertiary/aromatic N) is 1. The molecule has 17 heavy (non-hydrogen) atoms. The number of hydrogen-bond donors (Lipinski definition) is 1. The molecule has 0 spiro atoms. The first kappa shape index (κ1) is 14.1. The van der Waals surface area contributed by atoms with E-state index in [1.807, 2.05) is 0 Å². The first-order chi connectivity index (χ1) is 7.96. The third kappa shape index (κ3) is 4.82. The number of rotatable bonds is 7. The molecular formula is C9H16N2O5S. The van der Waals surface area contributed by atoms with Crippen molar-refractivity contribution < 1.29 is 22.4 Å². The molecule has 1 rings (SSSR count). The normalized spacial score (nSPS) is 12.2. The summed E-state index contributed by atoms with van der Waals surface area (Å²) in [4.78, 5) is 0. The average molecular weight is 264 g/mol. The predicted molar refractivity (Wildman–Crippen MR) is 59.7 cm³/mol. The molecule has 0 atom stereocenters. The molecule has 0 amide bonds. The molecule has 0 unspecified atom stereocenters. The number of ether oxygens (including phenoxy) is 2.